The van der Waals surface area contributed by atoms with Gasteiger partial charge in [0.05, 0.1) is 11.4 Å². The first-order valence-electron chi connectivity index (χ1n) is 10.1. The van der Waals surface area contributed by atoms with Crippen molar-refractivity contribution in [2.75, 3.05) is 30.5 Å². The Balaban J connectivity index is 1.47. The molecule has 0 fully saturated rings. The molecule has 32 heavy (non-hydrogen) atoms. The van der Waals surface area contributed by atoms with E-state index < -0.39 is 5.78 Å². The molecule has 1 aliphatic rings. The van der Waals surface area contributed by atoms with Gasteiger partial charge in [0, 0.05) is 25.2 Å². The number of benzene rings is 3. The first-order chi connectivity index (χ1) is 15.5. The molecule has 0 spiro atoms. The van der Waals surface area contributed by atoms with Gasteiger partial charge in [0.25, 0.3) is 0 Å². The maximum atomic E-state index is 12.8. The maximum Gasteiger partial charge on any atom is 0.214 e. The predicted octanol–water partition coefficient (Wildman–Crippen LogP) is 4.19. The highest BCUT2D eigenvalue weighted by atomic mass is 16.5. The minimum Gasteiger partial charge on any atom is -0.485 e. The van der Waals surface area contributed by atoms with Gasteiger partial charge in [-0.25, -0.2) is 0 Å². The maximum absolute atomic E-state index is 12.8. The van der Waals surface area contributed by atoms with Crippen LogP contribution in [0.15, 0.2) is 90.3 Å². The molecule has 0 amide bonds. The van der Waals surface area contributed by atoms with E-state index in [0.717, 1.165) is 11.4 Å². The summed E-state index contributed by atoms with van der Waals surface area (Å²) in [4.78, 5) is 29.0. The van der Waals surface area contributed by atoms with Crippen molar-refractivity contribution in [1.82, 2.24) is 0 Å². The third-order valence-corrected chi connectivity index (χ3v) is 5.38. The number of anilines is 2. The van der Waals surface area contributed by atoms with Crippen molar-refractivity contribution >= 4 is 22.9 Å². The van der Waals surface area contributed by atoms with Crippen LogP contribution in [0, 0.1) is 11.3 Å². The van der Waals surface area contributed by atoms with Gasteiger partial charge in [-0.2, -0.15) is 5.26 Å². The van der Waals surface area contributed by atoms with Crippen LogP contribution in [0.1, 0.15) is 15.9 Å². The molecule has 0 saturated carbocycles. The van der Waals surface area contributed by atoms with Gasteiger partial charge in [0.2, 0.25) is 5.78 Å². The van der Waals surface area contributed by atoms with E-state index in [0.29, 0.717) is 22.7 Å². The van der Waals surface area contributed by atoms with Crippen LogP contribution in [-0.4, -0.2) is 32.3 Å². The molecule has 3 aromatic rings. The zero-order chi connectivity index (χ0) is 22.7. The Bertz CT molecular complexity index is 1210. The molecule has 6 nitrogen and oxygen atoms in total. The van der Waals surface area contributed by atoms with Crippen LogP contribution in [0.4, 0.5) is 11.4 Å². The van der Waals surface area contributed by atoms with Crippen LogP contribution in [0.25, 0.3) is 0 Å². The summed E-state index contributed by atoms with van der Waals surface area (Å²) in [5.41, 5.74) is 3.01. The second kappa shape index (κ2) is 8.78. The Kier molecular flexibility index (Phi) is 5.73. The van der Waals surface area contributed by atoms with Gasteiger partial charge >= 0.3 is 0 Å². The molecular weight excluding hydrogens is 402 g/mol. The SMILES string of the molecule is CN1C(=C(C#N)C(=O)COc2ccc(C(=O)c3ccccc3)cc2)N(C)c2ccccc21. The van der Waals surface area contributed by atoms with Crippen LogP contribution < -0.4 is 14.5 Å². The Labute approximate surface area is 186 Å². The number of nitriles is 1. The molecule has 3 aromatic carbocycles. The standard InChI is InChI=1S/C26H21N3O3/c1-28-22-10-6-7-11-23(22)29(2)26(28)21(16-27)24(30)17-32-20-14-12-19(13-15-20)25(31)18-8-4-3-5-9-18/h3-15H,17H2,1-2H3. The lowest BCUT2D eigenvalue weighted by atomic mass is 10.0. The highest BCUT2D eigenvalue weighted by Crippen LogP contribution is 2.40. The number of carbonyl (C=O) groups excluding carboxylic acids is 2. The second-order valence-corrected chi connectivity index (χ2v) is 7.35. The van der Waals surface area contributed by atoms with Crippen LogP contribution in [0.2, 0.25) is 0 Å². The van der Waals surface area contributed by atoms with Gasteiger partial charge < -0.3 is 14.5 Å². The fourth-order valence-corrected chi connectivity index (χ4v) is 3.74. The molecule has 4 rings (SSSR count). The van der Waals surface area contributed by atoms with E-state index in [9.17, 15) is 14.9 Å². The smallest absolute Gasteiger partial charge is 0.214 e. The third kappa shape index (κ3) is 3.84. The van der Waals surface area contributed by atoms with Gasteiger partial charge in [0.15, 0.2) is 12.4 Å². The number of ether oxygens (including phenoxy) is 1. The van der Waals surface area contributed by atoms with E-state index in [1.807, 2.05) is 72.4 Å². The average Bonchev–Trinajstić information content (AvgIpc) is 3.09. The number of nitrogens with zero attached hydrogens (tertiary/aromatic N) is 3. The lowest BCUT2D eigenvalue weighted by molar-refractivity contribution is -0.117. The van der Waals surface area contributed by atoms with Crippen molar-refractivity contribution in [2.24, 2.45) is 0 Å². The molecular formula is C26H21N3O3. The van der Waals surface area contributed by atoms with Crippen molar-refractivity contribution < 1.29 is 14.3 Å². The molecule has 0 aliphatic carbocycles. The van der Waals surface area contributed by atoms with Crippen molar-refractivity contribution in [3.05, 3.63) is 101 Å². The summed E-state index contributed by atoms with van der Waals surface area (Å²) in [6, 6.07) is 25.4. The molecule has 0 radical (unpaired) electrons. The summed E-state index contributed by atoms with van der Waals surface area (Å²) >= 11 is 0. The average molecular weight is 423 g/mol. The van der Waals surface area contributed by atoms with E-state index in [1.165, 1.54) is 0 Å². The fraction of sp³-hybridized carbons (Fsp3) is 0.115. The summed E-state index contributed by atoms with van der Waals surface area (Å²) in [7, 11) is 3.65. The lowest BCUT2D eigenvalue weighted by Gasteiger charge is -2.20. The molecule has 158 valence electrons. The summed E-state index contributed by atoms with van der Waals surface area (Å²) in [6.45, 7) is -0.281. The first-order valence-corrected chi connectivity index (χ1v) is 10.1. The quantitative estimate of drug-likeness (QED) is 0.336. The van der Waals surface area contributed by atoms with E-state index in [2.05, 4.69) is 0 Å². The number of hydrogen-bond donors (Lipinski definition) is 0. The molecule has 0 saturated heterocycles. The largest absolute Gasteiger partial charge is 0.485 e. The van der Waals surface area contributed by atoms with Crippen molar-refractivity contribution in [3.8, 4) is 11.8 Å². The topological polar surface area (TPSA) is 73.6 Å². The van der Waals surface area contributed by atoms with Gasteiger partial charge in [-0.3, -0.25) is 9.59 Å². The summed E-state index contributed by atoms with van der Waals surface area (Å²) in [5, 5.41) is 9.70. The zero-order valence-electron chi connectivity index (χ0n) is 17.8. The van der Waals surface area contributed by atoms with E-state index in [1.54, 1.807) is 36.4 Å². The highest BCUT2D eigenvalue weighted by molar-refractivity contribution is 6.09. The Hall–Kier alpha value is -4.37. The molecule has 1 aliphatic heterocycles. The summed E-state index contributed by atoms with van der Waals surface area (Å²) in [5.74, 6) is 0.461. The molecule has 0 bridgehead atoms. The molecule has 0 unspecified atom stereocenters. The van der Waals surface area contributed by atoms with Gasteiger partial charge in [-0.05, 0) is 36.4 Å². The van der Waals surface area contributed by atoms with Crippen LogP contribution >= 0.6 is 0 Å². The number of rotatable bonds is 6. The van der Waals surface area contributed by atoms with Crippen LogP contribution in [0.3, 0.4) is 0 Å². The van der Waals surface area contributed by atoms with E-state index >= 15 is 0 Å². The van der Waals surface area contributed by atoms with Crippen molar-refractivity contribution in [3.63, 3.8) is 0 Å². The van der Waals surface area contributed by atoms with Crippen LogP contribution in [-0.2, 0) is 4.79 Å². The number of carbonyl (C=O) groups is 2. The number of para-hydroxylation sites is 2. The molecule has 6 heteroatoms. The number of Topliss-reactive ketones (excluding diaryl/α,β-unsaturated/α-hetero) is 1. The highest BCUT2D eigenvalue weighted by Gasteiger charge is 2.31. The minimum absolute atomic E-state index is 0.0297. The zero-order valence-corrected chi connectivity index (χ0v) is 17.8. The normalized spacial score (nSPS) is 12.2. The van der Waals surface area contributed by atoms with Crippen LogP contribution in [0.5, 0.6) is 5.75 Å². The third-order valence-electron chi connectivity index (χ3n) is 5.38. The van der Waals surface area contributed by atoms with Gasteiger partial charge in [0.1, 0.15) is 23.2 Å². The Morgan fingerprint density at radius 3 is 1.91 bits per heavy atom. The Morgan fingerprint density at radius 1 is 0.812 bits per heavy atom. The Morgan fingerprint density at radius 2 is 1.34 bits per heavy atom. The molecule has 1 heterocycles. The van der Waals surface area contributed by atoms with Crippen molar-refractivity contribution in [2.45, 2.75) is 0 Å². The number of fused-ring (bicyclic) bond motifs is 1. The summed E-state index contributed by atoms with van der Waals surface area (Å²) in [6.07, 6.45) is 0. The van der Waals surface area contributed by atoms with Gasteiger partial charge in [-0.1, -0.05) is 42.5 Å². The molecule has 0 atom stereocenters. The monoisotopic (exact) mass is 423 g/mol. The first kappa shape index (κ1) is 20.9. The second-order valence-electron chi connectivity index (χ2n) is 7.35. The lowest BCUT2D eigenvalue weighted by Crippen LogP contribution is -2.27. The number of hydrogen-bond acceptors (Lipinski definition) is 6. The molecule has 0 aromatic heterocycles. The number of ketones is 2. The summed E-state index contributed by atoms with van der Waals surface area (Å²) < 4.78 is 5.62. The van der Waals surface area contributed by atoms with Gasteiger partial charge in [-0.15, -0.1) is 0 Å². The molecule has 0 N–H and O–H groups in total. The van der Waals surface area contributed by atoms with Crippen molar-refractivity contribution in [1.29, 1.82) is 5.26 Å². The fourth-order valence-electron chi connectivity index (χ4n) is 3.74. The van der Waals surface area contributed by atoms with E-state index in [-0.39, 0.29) is 18.0 Å². The minimum atomic E-state index is -0.418. The van der Waals surface area contributed by atoms with E-state index in [4.69, 9.17) is 4.74 Å². The predicted molar refractivity (Wildman–Crippen MR) is 123 cm³/mol.